The van der Waals surface area contributed by atoms with Gasteiger partial charge in [-0.2, -0.15) is 22.0 Å². The number of rotatable bonds is 3. The van der Waals surface area contributed by atoms with E-state index >= 15 is 0 Å². The number of ether oxygens (including phenoxy) is 1. The summed E-state index contributed by atoms with van der Waals surface area (Å²) < 4.78 is 62.4. The van der Waals surface area contributed by atoms with Crippen LogP contribution in [-0.2, 0) is 9.53 Å². The molecule has 0 spiro atoms. The first-order valence-corrected chi connectivity index (χ1v) is 3.77. The van der Waals surface area contributed by atoms with Crippen molar-refractivity contribution in [2.45, 2.75) is 24.4 Å². The molecule has 0 N–H and O–H groups in total. The molecule has 0 saturated carbocycles. The van der Waals surface area contributed by atoms with Crippen LogP contribution in [-0.4, -0.2) is 30.1 Å². The van der Waals surface area contributed by atoms with Crippen molar-refractivity contribution in [1.82, 2.24) is 0 Å². The Labute approximate surface area is 81.0 Å². The lowest BCUT2D eigenvalue weighted by Gasteiger charge is -2.19. The zero-order valence-corrected chi connectivity index (χ0v) is 7.62. The van der Waals surface area contributed by atoms with Crippen LogP contribution in [0.15, 0.2) is 0 Å². The van der Waals surface area contributed by atoms with Crippen molar-refractivity contribution in [2.75, 3.05) is 6.61 Å². The third kappa shape index (κ3) is 3.65. The molecule has 1 atom stereocenters. The minimum absolute atomic E-state index is 1.09. The molecule has 14 heavy (non-hydrogen) atoms. The number of esters is 1. The fraction of sp³-hybridized carbons (Fsp3) is 0.833. The molecule has 0 fully saturated rings. The molecule has 0 heterocycles. The van der Waals surface area contributed by atoms with E-state index < -0.39 is 30.1 Å². The summed E-state index contributed by atoms with van der Waals surface area (Å²) in [5.41, 5.74) is 0. The lowest BCUT2D eigenvalue weighted by atomic mass is 10.3. The molecular weight excluding hydrogens is 235 g/mol. The fourth-order valence-electron chi connectivity index (χ4n) is 0.358. The molecule has 84 valence electrons. The smallest absolute Gasteiger partial charge is 0.456 e. The largest absolute Gasteiger partial charge is 0.458 e. The Balaban J connectivity index is 4.20. The molecule has 0 bridgehead atoms. The van der Waals surface area contributed by atoms with E-state index in [4.69, 9.17) is 11.6 Å². The number of hydrogen-bond donors (Lipinski definition) is 0. The Kier molecular flexibility index (Phi) is 4.11. The summed E-state index contributed by atoms with van der Waals surface area (Å²) in [6.07, 6.45) is -5.73. The van der Waals surface area contributed by atoms with Gasteiger partial charge in [-0.15, -0.1) is 11.6 Å². The highest BCUT2D eigenvalue weighted by Gasteiger charge is 2.58. The molecule has 0 aliphatic rings. The summed E-state index contributed by atoms with van der Waals surface area (Å²) in [6, 6.07) is 0. The lowest BCUT2D eigenvalue weighted by molar-refractivity contribution is -0.294. The van der Waals surface area contributed by atoms with Crippen LogP contribution >= 0.6 is 11.6 Å². The van der Waals surface area contributed by atoms with Gasteiger partial charge in [-0.3, -0.25) is 4.79 Å². The summed E-state index contributed by atoms with van der Waals surface area (Å²) in [4.78, 5) is 10.5. The van der Waals surface area contributed by atoms with Crippen LogP contribution in [0.4, 0.5) is 22.0 Å². The van der Waals surface area contributed by atoms with Crippen LogP contribution in [0.2, 0.25) is 0 Å². The van der Waals surface area contributed by atoms with E-state index in [1.807, 2.05) is 0 Å². The highest BCUT2D eigenvalue weighted by Crippen LogP contribution is 2.35. The normalized spacial score (nSPS) is 15.1. The Morgan fingerprint density at radius 3 is 2.07 bits per heavy atom. The first kappa shape index (κ1) is 13.4. The first-order valence-electron chi connectivity index (χ1n) is 3.33. The second-order valence-corrected chi connectivity index (χ2v) is 3.08. The van der Waals surface area contributed by atoms with E-state index in [0.29, 0.717) is 0 Å². The molecule has 0 aromatic carbocycles. The van der Waals surface area contributed by atoms with E-state index in [0.717, 1.165) is 6.92 Å². The van der Waals surface area contributed by atoms with Gasteiger partial charge in [0.25, 0.3) is 0 Å². The number of carbonyl (C=O) groups excluding carboxylic acids is 1. The van der Waals surface area contributed by atoms with Gasteiger partial charge < -0.3 is 4.74 Å². The molecule has 0 saturated heterocycles. The molecule has 1 unspecified atom stereocenters. The van der Waals surface area contributed by atoms with Gasteiger partial charge in [-0.05, 0) is 6.92 Å². The Morgan fingerprint density at radius 1 is 1.36 bits per heavy atom. The molecule has 0 radical (unpaired) electrons. The van der Waals surface area contributed by atoms with E-state index in [1.165, 1.54) is 0 Å². The summed E-state index contributed by atoms with van der Waals surface area (Å²) in [6.45, 7) is -0.956. The average Bonchev–Trinajstić information content (AvgIpc) is 1.97. The maximum Gasteiger partial charge on any atom is 0.456 e. The van der Waals surface area contributed by atoms with Gasteiger partial charge in [0.1, 0.15) is 5.38 Å². The molecule has 2 nitrogen and oxygen atoms in total. The Hall–Kier alpha value is -0.590. The number of halogens is 6. The summed E-state index contributed by atoms with van der Waals surface area (Å²) in [5, 5.41) is -1.26. The van der Waals surface area contributed by atoms with Crippen molar-refractivity contribution in [3.63, 3.8) is 0 Å². The molecule has 0 rings (SSSR count). The fourth-order valence-corrected chi connectivity index (χ4v) is 0.421. The minimum atomic E-state index is -5.73. The predicted octanol–water partition coefficient (Wildman–Crippen LogP) is 2.35. The van der Waals surface area contributed by atoms with E-state index in [9.17, 15) is 26.7 Å². The molecule has 0 aliphatic carbocycles. The third-order valence-electron chi connectivity index (χ3n) is 1.14. The van der Waals surface area contributed by atoms with Gasteiger partial charge in [-0.1, -0.05) is 0 Å². The topological polar surface area (TPSA) is 26.3 Å². The maximum absolute atomic E-state index is 12.1. The van der Waals surface area contributed by atoms with Crippen molar-refractivity contribution in [1.29, 1.82) is 0 Å². The second kappa shape index (κ2) is 4.29. The van der Waals surface area contributed by atoms with E-state index in [1.54, 1.807) is 0 Å². The quantitative estimate of drug-likeness (QED) is 0.430. The minimum Gasteiger partial charge on any atom is -0.458 e. The van der Waals surface area contributed by atoms with Gasteiger partial charge in [0.05, 0.1) is 0 Å². The van der Waals surface area contributed by atoms with Gasteiger partial charge in [0.2, 0.25) is 0 Å². The van der Waals surface area contributed by atoms with Gasteiger partial charge >= 0.3 is 18.1 Å². The summed E-state index contributed by atoms with van der Waals surface area (Å²) in [5.74, 6) is -6.37. The van der Waals surface area contributed by atoms with Crippen molar-refractivity contribution in [3.8, 4) is 0 Å². The van der Waals surface area contributed by atoms with Gasteiger partial charge in [-0.25, -0.2) is 0 Å². The number of hydrogen-bond acceptors (Lipinski definition) is 2. The number of alkyl halides is 6. The number of carbonyl (C=O) groups is 1. The summed E-state index contributed by atoms with van der Waals surface area (Å²) in [7, 11) is 0. The van der Waals surface area contributed by atoms with Crippen molar-refractivity contribution in [2.24, 2.45) is 0 Å². The zero-order chi connectivity index (χ0) is 11.6. The molecular formula is C6H6ClF5O2. The second-order valence-electron chi connectivity index (χ2n) is 2.43. The predicted molar refractivity (Wildman–Crippen MR) is 37.3 cm³/mol. The van der Waals surface area contributed by atoms with Crippen LogP contribution in [0.5, 0.6) is 0 Å². The zero-order valence-electron chi connectivity index (χ0n) is 6.87. The summed E-state index contributed by atoms with van der Waals surface area (Å²) >= 11 is 5.07. The van der Waals surface area contributed by atoms with Crippen molar-refractivity contribution >= 4 is 17.6 Å². The maximum atomic E-state index is 12.1. The van der Waals surface area contributed by atoms with Crippen LogP contribution in [0.3, 0.4) is 0 Å². The molecule has 8 heteroatoms. The van der Waals surface area contributed by atoms with Crippen LogP contribution in [0, 0.1) is 0 Å². The SMILES string of the molecule is CC(Cl)C(=O)OCC(F)(F)C(F)(F)F. The Morgan fingerprint density at radius 2 is 1.79 bits per heavy atom. The van der Waals surface area contributed by atoms with Crippen LogP contribution in [0.1, 0.15) is 6.92 Å². The highest BCUT2D eigenvalue weighted by atomic mass is 35.5. The van der Waals surface area contributed by atoms with Crippen LogP contribution < -0.4 is 0 Å². The third-order valence-corrected chi connectivity index (χ3v) is 1.31. The van der Waals surface area contributed by atoms with Crippen molar-refractivity contribution < 1.29 is 31.5 Å². The molecule has 0 aromatic rings. The Bertz CT molecular complexity index is 213. The molecule has 0 amide bonds. The lowest BCUT2D eigenvalue weighted by Crippen LogP contribution is -2.41. The molecule has 0 aromatic heterocycles. The van der Waals surface area contributed by atoms with E-state index in [2.05, 4.69) is 4.74 Å². The van der Waals surface area contributed by atoms with Gasteiger partial charge in [0, 0.05) is 0 Å². The molecule has 0 aliphatic heterocycles. The average molecular weight is 241 g/mol. The van der Waals surface area contributed by atoms with Crippen LogP contribution in [0.25, 0.3) is 0 Å². The van der Waals surface area contributed by atoms with E-state index in [-0.39, 0.29) is 0 Å². The first-order chi connectivity index (χ1) is 6.08. The highest BCUT2D eigenvalue weighted by molar-refractivity contribution is 6.29. The monoisotopic (exact) mass is 240 g/mol. The standard InChI is InChI=1S/C6H6ClF5O2/c1-3(7)4(13)14-2-5(8,9)6(10,11)12/h3H,2H2,1H3. The van der Waals surface area contributed by atoms with Gasteiger partial charge in [0.15, 0.2) is 6.61 Å². The van der Waals surface area contributed by atoms with Crippen molar-refractivity contribution in [3.05, 3.63) is 0 Å².